The highest BCUT2D eigenvalue weighted by Crippen LogP contribution is 2.54. The number of aromatic hydroxyl groups is 3. The lowest BCUT2D eigenvalue weighted by molar-refractivity contribution is -0.267. The first-order chi connectivity index (χ1) is 7.59. The first-order valence-electron chi connectivity index (χ1n) is 4.55. The van der Waals surface area contributed by atoms with Crippen LogP contribution >= 0.6 is 0 Å². The second-order valence-corrected chi connectivity index (χ2v) is 3.95. The molecule has 1 rings (SSSR count). The smallest absolute Gasteiger partial charge is 0.223 e. The summed E-state index contributed by atoms with van der Waals surface area (Å²) in [7, 11) is 3.13. The number of rotatable bonds is 2. The van der Waals surface area contributed by atoms with Gasteiger partial charge in [0.2, 0.25) is 11.5 Å². The highest BCUT2D eigenvalue weighted by Gasteiger charge is 2.27. The molecule has 0 radical (unpaired) electrons. The molecule has 0 aliphatic carbocycles. The maximum atomic E-state index is 11.8. The Morgan fingerprint density at radius 1 is 1.06 bits per heavy atom. The third-order valence-corrected chi connectivity index (χ3v) is 2.19. The van der Waals surface area contributed by atoms with Crippen LogP contribution in [0.25, 0.3) is 0 Å². The van der Waals surface area contributed by atoms with E-state index in [0.717, 1.165) is 21.1 Å². The Labute approximate surface area is 96.9 Å². The molecule has 0 heterocycles. The van der Waals surface area contributed by atoms with E-state index < -0.39 is 39.0 Å². The molecule has 1 aromatic rings. The summed E-state index contributed by atoms with van der Waals surface area (Å²) in [6, 6.07) is 0. The summed E-state index contributed by atoms with van der Waals surface area (Å²) in [6.45, 7) is 0. The van der Waals surface area contributed by atoms with Crippen molar-refractivity contribution in [2.75, 3.05) is 26.2 Å². The van der Waals surface area contributed by atoms with E-state index in [4.69, 9.17) is 5.21 Å². The second-order valence-electron chi connectivity index (χ2n) is 3.95. The van der Waals surface area contributed by atoms with E-state index in [2.05, 4.69) is 0 Å². The second kappa shape index (κ2) is 3.84. The molecule has 96 valence electrons. The van der Waals surface area contributed by atoms with Crippen molar-refractivity contribution in [3.8, 4) is 23.0 Å². The number of quaternary nitrogens is 1. The molecule has 0 aromatic heterocycles. The molecule has 0 fully saturated rings. The normalized spacial score (nSPS) is 11.6. The van der Waals surface area contributed by atoms with Gasteiger partial charge < -0.3 is 30.3 Å². The van der Waals surface area contributed by atoms with E-state index in [1.54, 1.807) is 0 Å². The quantitative estimate of drug-likeness (QED) is 0.321. The molecule has 0 amide bonds. The van der Waals surface area contributed by atoms with E-state index in [0.29, 0.717) is 0 Å². The Morgan fingerprint density at radius 2 is 1.53 bits per heavy atom. The molecular formula is C9H13N2O6-. The van der Waals surface area contributed by atoms with Crippen molar-refractivity contribution in [2.24, 2.45) is 0 Å². The zero-order chi connectivity index (χ0) is 13.5. The minimum atomic E-state index is -1.32. The average Bonchev–Trinajstić information content (AvgIpc) is 2.11. The van der Waals surface area contributed by atoms with Crippen LogP contribution in [-0.4, -0.2) is 41.7 Å². The van der Waals surface area contributed by atoms with Crippen LogP contribution in [0.5, 0.6) is 23.0 Å². The van der Waals surface area contributed by atoms with E-state index in [9.17, 15) is 25.6 Å². The lowest BCUT2D eigenvalue weighted by Crippen LogP contribution is -2.33. The zero-order valence-corrected chi connectivity index (χ0v) is 9.50. The third-order valence-electron chi connectivity index (χ3n) is 2.19. The summed E-state index contributed by atoms with van der Waals surface area (Å²) in [4.78, 5) is 0. The molecule has 4 N–H and O–H groups in total. The van der Waals surface area contributed by atoms with Crippen LogP contribution in [0.2, 0.25) is 0 Å². The first-order valence-corrected chi connectivity index (χ1v) is 4.55. The van der Waals surface area contributed by atoms with Gasteiger partial charge in [0.05, 0.1) is 14.1 Å². The predicted molar refractivity (Wildman–Crippen MR) is 58.1 cm³/mol. The fourth-order valence-corrected chi connectivity index (χ4v) is 1.46. The van der Waals surface area contributed by atoms with Gasteiger partial charge in [-0.05, 0) is 5.75 Å². The first kappa shape index (κ1) is 13.2. The molecule has 0 aliphatic rings. The van der Waals surface area contributed by atoms with E-state index >= 15 is 0 Å². The van der Waals surface area contributed by atoms with E-state index in [-0.39, 0.29) is 5.06 Å². The Bertz CT molecular complexity index is 452. The minimum absolute atomic E-state index is 0.260. The van der Waals surface area contributed by atoms with Gasteiger partial charge in [0.1, 0.15) is 5.69 Å². The molecule has 0 saturated carbocycles. The topological polar surface area (TPSA) is 130 Å². The molecule has 0 spiro atoms. The van der Waals surface area contributed by atoms with Gasteiger partial charge >= 0.3 is 0 Å². The Hall–Kier alpha value is -1.90. The van der Waals surface area contributed by atoms with E-state index in [1.807, 2.05) is 0 Å². The maximum Gasteiger partial charge on any atom is 0.223 e. The molecular weight excluding hydrogens is 232 g/mol. The summed E-state index contributed by atoms with van der Waals surface area (Å²) < 4.78 is -1.32. The summed E-state index contributed by atoms with van der Waals surface area (Å²) in [5.74, 6) is -4.09. The number of hydroxylamine groups is 3. The largest absolute Gasteiger partial charge is 0.867 e. The summed E-state index contributed by atoms with van der Waals surface area (Å²) in [5.41, 5.74) is -1.37. The van der Waals surface area contributed by atoms with Crippen molar-refractivity contribution in [3.05, 3.63) is 5.21 Å². The summed E-state index contributed by atoms with van der Waals surface area (Å²) >= 11 is 0. The molecule has 8 heteroatoms. The third kappa shape index (κ3) is 2.00. The zero-order valence-electron chi connectivity index (χ0n) is 9.50. The van der Waals surface area contributed by atoms with Gasteiger partial charge in [-0.3, -0.25) is 10.3 Å². The summed E-state index contributed by atoms with van der Waals surface area (Å²) in [5, 5.41) is 61.1. The molecule has 0 unspecified atom stereocenters. The number of phenols is 3. The molecule has 0 bridgehead atoms. The number of nitrogens with zero attached hydrogens (tertiary/aromatic N) is 2. The number of benzene rings is 1. The summed E-state index contributed by atoms with van der Waals surface area (Å²) in [6.07, 6.45) is 0. The lowest BCUT2D eigenvalue weighted by atomic mass is 10.1. The Morgan fingerprint density at radius 3 is 1.88 bits per heavy atom. The average molecular weight is 245 g/mol. The lowest BCUT2D eigenvalue weighted by Gasteiger charge is -2.38. The molecule has 0 atom stereocenters. The van der Waals surface area contributed by atoms with Gasteiger partial charge in [0.15, 0.2) is 11.4 Å². The Balaban J connectivity index is 3.75. The highest BCUT2D eigenvalue weighted by atomic mass is 16.5. The fraction of sp³-hybridized carbons (Fsp3) is 0.333. The van der Waals surface area contributed by atoms with Crippen molar-refractivity contribution in [3.63, 3.8) is 0 Å². The van der Waals surface area contributed by atoms with Crippen molar-refractivity contribution in [2.45, 2.75) is 0 Å². The number of phenolic OH excluding ortho intramolecular Hbond substituents is 3. The van der Waals surface area contributed by atoms with Gasteiger partial charge in [0.25, 0.3) is 0 Å². The molecule has 1 aromatic carbocycles. The van der Waals surface area contributed by atoms with Crippen LogP contribution in [0.1, 0.15) is 0 Å². The fourth-order valence-electron chi connectivity index (χ4n) is 1.46. The monoisotopic (exact) mass is 245 g/mol. The van der Waals surface area contributed by atoms with Gasteiger partial charge in [0, 0.05) is 7.05 Å². The van der Waals surface area contributed by atoms with Gasteiger partial charge in [-0.2, -0.15) is 0 Å². The van der Waals surface area contributed by atoms with Crippen LogP contribution in [-0.2, 0) is 0 Å². The number of hydrogen-bond acceptors (Lipinski definition) is 7. The van der Waals surface area contributed by atoms with Crippen LogP contribution in [0.15, 0.2) is 0 Å². The van der Waals surface area contributed by atoms with Crippen LogP contribution in [0.4, 0.5) is 11.4 Å². The standard InChI is InChI=1S/C9H14N2O6/c1-10(16)4-6(12)5(11(2,3)17)8(14)9(15)7(4)13/h12-16H,1-3H3/p-1. The number of hydrogen-bond donors (Lipinski definition) is 4. The molecule has 17 heavy (non-hydrogen) atoms. The van der Waals surface area contributed by atoms with Crippen molar-refractivity contribution < 1.29 is 25.6 Å². The van der Waals surface area contributed by atoms with Crippen LogP contribution in [0.3, 0.4) is 0 Å². The van der Waals surface area contributed by atoms with Gasteiger partial charge in [-0.25, -0.2) is 0 Å². The van der Waals surface area contributed by atoms with E-state index in [1.165, 1.54) is 0 Å². The predicted octanol–water partition coefficient (Wildman–Crippen LogP) is -0.233. The minimum Gasteiger partial charge on any atom is -0.867 e. The van der Waals surface area contributed by atoms with Gasteiger partial charge in [-0.1, -0.05) is 0 Å². The van der Waals surface area contributed by atoms with Gasteiger partial charge in [-0.15, -0.1) is 0 Å². The number of anilines is 1. The van der Waals surface area contributed by atoms with Crippen molar-refractivity contribution in [1.82, 2.24) is 4.65 Å². The molecule has 0 saturated heterocycles. The van der Waals surface area contributed by atoms with Crippen LogP contribution < -0.4 is 14.8 Å². The Kier molecular flexibility index (Phi) is 2.97. The molecule has 0 aliphatic heterocycles. The maximum absolute atomic E-state index is 11.8. The van der Waals surface area contributed by atoms with Crippen LogP contribution in [0, 0.1) is 5.21 Å². The van der Waals surface area contributed by atoms with Crippen molar-refractivity contribution in [1.29, 1.82) is 0 Å². The molecule has 8 nitrogen and oxygen atoms in total. The SMILES string of the molecule is CN(O)c1c([O-])c([N+](C)(C)[O-])c(O)c(O)c1O. The van der Waals surface area contributed by atoms with Crippen molar-refractivity contribution >= 4 is 11.4 Å². The highest BCUT2D eigenvalue weighted by molar-refractivity contribution is 5.84.